The smallest absolute Gasteiger partial charge is 0.316 e. The highest BCUT2D eigenvalue weighted by molar-refractivity contribution is 5.90. The van der Waals surface area contributed by atoms with Gasteiger partial charge in [-0.2, -0.15) is 4.98 Å². The number of hydrogen-bond acceptors (Lipinski definition) is 6. The molecule has 0 spiro atoms. The molecule has 2 N–H and O–H groups in total. The first kappa shape index (κ1) is 17.8. The first-order valence-corrected chi connectivity index (χ1v) is 9.20. The van der Waals surface area contributed by atoms with Gasteiger partial charge in [0.25, 0.3) is 0 Å². The van der Waals surface area contributed by atoms with Gasteiger partial charge >= 0.3 is 11.8 Å². The lowest BCUT2D eigenvalue weighted by Gasteiger charge is -2.24. The summed E-state index contributed by atoms with van der Waals surface area (Å²) < 4.78 is 5.23. The number of hydrogen-bond donors (Lipinski definition) is 2. The first-order chi connectivity index (χ1) is 13.7. The minimum absolute atomic E-state index is 0.0305. The zero-order valence-electron chi connectivity index (χ0n) is 15.3. The van der Waals surface area contributed by atoms with Crippen LogP contribution < -0.4 is 0 Å². The Hall–Kier alpha value is -3.55. The molecule has 1 aromatic carbocycles. The van der Waals surface area contributed by atoms with E-state index in [2.05, 4.69) is 20.1 Å². The summed E-state index contributed by atoms with van der Waals surface area (Å²) in [4.78, 5) is 26.0. The molecule has 1 fully saturated rings. The van der Waals surface area contributed by atoms with E-state index in [4.69, 9.17) is 9.93 Å². The van der Waals surface area contributed by atoms with Gasteiger partial charge in [0.15, 0.2) is 0 Å². The highest BCUT2D eigenvalue weighted by Crippen LogP contribution is 2.24. The highest BCUT2D eigenvalue weighted by Gasteiger charge is 2.24. The SMILES string of the molecule is N=CC=Cc1ncc(-c2cccc(-c3noc(C(=O)N4CCCCC4)n3)c2)[nH]1. The topological polar surface area (TPSA) is 112 Å². The van der Waals surface area contributed by atoms with Crippen molar-refractivity contribution < 1.29 is 9.32 Å². The summed E-state index contributed by atoms with van der Waals surface area (Å²) in [7, 11) is 0. The molecule has 3 heterocycles. The normalized spacial score (nSPS) is 14.5. The largest absolute Gasteiger partial charge is 0.338 e. The van der Waals surface area contributed by atoms with E-state index in [0.29, 0.717) is 11.6 Å². The quantitative estimate of drug-likeness (QED) is 0.663. The van der Waals surface area contributed by atoms with Gasteiger partial charge in [0.1, 0.15) is 5.82 Å². The van der Waals surface area contributed by atoms with E-state index in [-0.39, 0.29) is 11.8 Å². The Kier molecular flexibility index (Phi) is 5.09. The number of benzene rings is 1. The van der Waals surface area contributed by atoms with E-state index in [1.54, 1.807) is 23.2 Å². The van der Waals surface area contributed by atoms with Gasteiger partial charge in [0, 0.05) is 30.4 Å². The van der Waals surface area contributed by atoms with Gasteiger partial charge in [-0.25, -0.2) is 4.98 Å². The van der Waals surface area contributed by atoms with Gasteiger partial charge in [-0.05, 0) is 37.5 Å². The Balaban J connectivity index is 1.55. The molecule has 8 nitrogen and oxygen atoms in total. The first-order valence-electron chi connectivity index (χ1n) is 9.20. The zero-order chi connectivity index (χ0) is 19.3. The van der Waals surface area contributed by atoms with Crippen LogP contribution in [0.15, 0.2) is 41.1 Å². The van der Waals surface area contributed by atoms with Crippen LogP contribution in [0.4, 0.5) is 0 Å². The van der Waals surface area contributed by atoms with Crippen molar-refractivity contribution in [3.63, 3.8) is 0 Å². The fourth-order valence-electron chi connectivity index (χ4n) is 3.19. The number of likely N-dealkylation sites (tertiary alicyclic amines) is 1. The van der Waals surface area contributed by atoms with Gasteiger partial charge in [-0.15, -0.1) is 0 Å². The molecule has 3 aromatic rings. The van der Waals surface area contributed by atoms with E-state index in [1.165, 1.54) is 6.21 Å². The van der Waals surface area contributed by atoms with Crippen molar-refractivity contribution in [2.75, 3.05) is 13.1 Å². The minimum atomic E-state index is -0.203. The van der Waals surface area contributed by atoms with Gasteiger partial charge in [-0.3, -0.25) is 4.79 Å². The number of carbonyl (C=O) groups is 1. The molecule has 2 aromatic heterocycles. The number of allylic oxidation sites excluding steroid dienone is 1. The number of nitrogens with one attached hydrogen (secondary N) is 2. The average Bonchev–Trinajstić information content (AvgIpc) is 3.42. The number of imidazole rings is 1. The monoisotopic (exact) mass is 376 g/mol. The second kappa shape index (κ2) is 7.99. The van der Waals surface area contributed by atoms with Crippen LogP contribution >= 0.6 is 0 Å². The molecule has 4 rings (SSSR count). The van der Waals surface area contributed by atoms with E-state index in [9.17, 15) is 4.79 Å². The van der Waals surface area contributed by atoms with Gasteiger partial charge < -0.3 is 19.8 Å². The molecule has 0 radical (unpaired) electrons. The number of carbonyl (C=O) groups excluding carboxylic acids is 1. The number of aromatic nitrogens is 4. The fraction of sp³-hybridized carbons (Fsp3) is 0.250. The molecule has 1 saturated heterocycles. The number of piperidine rings is 1. The molecule has 1 aliphatic rings. The third kappa shape index (κ3) is 3.75. The summed E-state index contributed by atoms with van der Waals surface area (Å²) in [5.41, 5.74) is 2.50. The predicted octanol–water partition coefficient (Wildman–Crippen LogP) is 3.42. The number of H-pyrrole nitrogens is 1. The molecule has 142 valence electrons. The van der Waals surface area contributed by atoms with Crippen molar-refractivity contribution in [2.45, 2.75) is 19.3 Å². The molecular formula is C20H20N6O2. The molecule has 1 amide bonds. The second-order valence-corrected chi connectivity index (χ2v) is 6.56. The maximum Gasteiger partial charge on any atom is 0.316 e. The van der Waals surface area contributed by atoms with Crippen molar-refractivity contribution in [1.82, 2.24) is 25.0 Å². The van der Waals surface area contributed by atoms with Gasteiger partial charge in [-0.1, -0.05) is 23.4 Å². The van der Waals surface area contributed by atoms with Crippen LogP contribution in [-0.2, 0) is 0 Å². The average molecular weight is 376 g/mol. The van der Waals surface area contributed by atoms with E-state index in [0.717, 1.165) is 49.2 Å². The van der Waals surface area contributed by atoms with Crippen molar-refractivity contribution in [1.29, 1.82) is 5.41 Å². The maximum atomic E-state index is 12.5. The molecule has 0 saturated carbocycles. The second-order valence-electron chi connectivity index (χ2n) is 6.56. The van der Waals surface area contributed by atoms with Crippen LogP contribution in [-0.4, -0.2) is 50.2 Å². The molecule has 0 atom stereocenters. The van der Waals surface area contributed by atoms with Crippen molar-refractivity contribution >= 4 is 18.2 Å². The van der Waals surface area contributed by atoms with Crippen LogP contribution in [0.5, 0.6) is 0 Å². The standard InChI is InChI=1S/C20H20N6O2/c21-9-5-8-17-22-13-16(23-17)14-6-4-7-15(12-14)18-24-19(28-25-18)20(27)26-10-2-1-3-11-26/h4-9,12-13,21H,1-3,10-11H2,(H,22,23). The fourth-order valence-corrected chi connectivity index (χ4v) is 3.19. The summed E-state index contributed by atoms with van der Waals surface area (Å²) in [5, 5.41) is 11.0. The maximum absolute atomic E-state index is 12.5. The molecule has 28 heavy (non-hydrogen) atoms. The Morgan fingerprint density at radius 1 is 1.21 bits per heavy atom. The summed E-state index contributed by atoms with van der Waals surface area (Å²) in [6.45, 7) is 1.47. The third-order valence-corrected chi connectivity index (χ3v) is 4.63. The van der Waals surface area contributed by atoms with Crippen molar-refractivity contribution in [2.24, 2.45) is 0 Å². The Morgan fingerprint density at radius 3 is 2.86 bits per heavy atom. The number of amides is 1. The molecule has 0 unspecified atom stereocenters. The third-order valence-electron chi connectivity index (χ3n) is 4.63. The van der Waals surface area contributed by atoms with Crippen LogP contribution in [0.1, 0.15) is 35.8 Å². The summed E-state index contributed by atoms with van der Waals surface area (Å²) in [6.07, 6.45) is 9.41. The van der Waals surface area contributed by atoms with Crippen LogP contribution in [0, 0.1) is 5.41 Å². The Labute approximate surface area is 161 Å². The number of rotatable bonds is 5. The highest BCUT2D eigenvalue weighted by atomic mass is 16.5. The minimum Gasteiger partial charge on any atom is -0.338 e. The lowest BCUT2D eigenvalue weighted by molar-refractivity contribution is 0.0674. The lowest BCUT2D eigenvalue weighted by atomic mass is 10.1. The van der Waals surface area contributed by atoms with E-state index >= 15 is 0 Å². The summed E-state index contributed by atoms with van der Waals surface area (Å²) in [6, 6.07) is 7.62. The molecule has 0 aliphatic carbocycles. The molecule has 8 heteroatoms. The Morgan fingerprint density at radius 2 is 2.04 bits per heavy atom. The number of nitrogens with zero attached hydrogens (tertiary/aromatic N) is 4. The van der Waals surface area contributed by atoms with Crippen molar-refractivity contribution in [3.8, 4) is 22.6 Å². The molecule has 0 bridgehead atoms. The van der Waals surface area contributed by atoms with Gasteiger partial charge in [0.05, 0.1) is 11.9 Å². The van der Waals surface area contributed by atoms with Crippen LogP contribution in [0.3, 0.4) is 0 Å². The van der Waals surface area contributed by atoms with Gasteiger partial charge in [0.2, 0.25) is 5.82 Å². The van der Waals surface area contributed by atoms with Crippen molar-refractivity contribution in [3.05, 3.63) is 48.3 Å². The predicted molar refractivity (Wildman–Crippen MR) is 105 cm³/mol. The van der Waals surface area contributed by atoms with E-state index in [1.807, 2.05) is 24.3 Å². The molecule has 1 aliphatic heterocycles. The van der Waals surface area contributed by atoms with E-state index < -0.39 is 0 Å². The van der Waals surface area contributed by atoms with Crippen LogP contribution in [0.25, 0.3) is 28.7 Å². The summed E-state index contributed by atoms with van der Waals surface area (Å²) >= 11 is 0. The zero-order valence-corrected chi connectivity index (χ0v) is 15.3. The summed E-state index contributed by atoms with van der Waals surface area (Å²) in [5.74, 6) is 0.872. The van der Waals surface area contributed by atoms with Crippen LogP contribution in [0.2, 0.25) is 0 Å². The number of aromatic amines is 1. The Bertz CT molecular complexity index is 1010. The lowest BCUT2D eigenvalue weighted by Crippen LogP contribution is -2.35. The molecular weight excluding hydrogens is 356 g/mol.